The summed E-state index contributed by atoms with van der Waals surface area (Å²) >= 11 is 0. The van der Waals surface area contributed by atoms with Crippen molar-refractivity contribution in [1.82, 2.24) is 0 Å². The van der Waals surface area contributed by atoms with Gasteiger partial charge in [0.15, 0.2) is 6.61 Å². The minimum Gasteiger partial charge on any atom is -0.452 e. The minimum atomic E-state index is -0.842. The van der Waals surface area contributed by atoms with Crippen LogP contribution >= 0.6 is 0 Å². The third-order valence-corrected chi connectivity index (χ3v) is 3.51. The Morgan fingerprint density at radius 1 is 1.15 bits per heavy atom. The summed E-state index contributed by atoms with van der Waals surface area (Å²) in [6.45, 7) is 0.855. The molecule has 0 aromatic heterocycles. The molecule has 2 amide bonds. The number of nitrogens with one attached hydrogen (secondary N) is 1. The number of benzene rings is 2. The second-order valence-electron chi connectivity index (χ2n) is 5.27. The summed E-state index contributed by atoms with van der Waals surface area (Å²) in [5.74, 6) is -2.04. The predicted octanol–water partition coefficient (Wildman–Crippen LogP) is 1.80. The van der Waals surface area contributed by atoms with Gasteiger partial charge in [0.2, 0.25) is 5.91 Å². The summed E-state index contributed by atoms with van der Waals surface area (Å²) < 4.78 is 4.89. The summed E-state index contributed by atoms with van der Waals surface area (Å²) in [4.78, 5) is 45.1. The molecule has 0 unspecified atom stereocenters. The van der Waals surface area contributed by atoms with Crippen molar-refractivity contribution in [1.29, 1.82) is 0 Å². The van der Waals surface area contributed by atoms with E-state index in [2.05, 4.69) is 5.32 Å². The highest BCUT2D eigenvalue weighted by molar-refractivity contribution is 5.97. The lowest BCUT2D eigenvalue weighted by atomic mass is 10.1. The van der Waals surface area contributed by atoms with Gasteiger partial charge in [0.25, 0.3) is 11.6 Å². The van der Waals surface area contributed by atoms with Crippen LogP contribution in [0.25, 0.3) is 0 Å². The molecule has 0 aliphatic heterocycles. The standard InChI is InChI=1S/C17H15N3O6/c1-10-13(3-2-4-14(10)20(24)25)17(23)26-9-15(21)19-12-7-5-11(6-8-12)16(18)22/h2-8H,9H2,1H3,(H2,18,22)(H,19,21). The van der Waals surface area contributed by atoms with E-state index in [0.29, 0.717) is 5.69 Å². The molecule has 2 rings (SSSR count). The minimum absolute atomic E-state index is 0.0119. The number of nitrogens with zero attached hydrogens (tertiary/aromatic N) is 1. The van der Waals surface area contributed by atoms with E-state index in [9.17, 15) is 24.5 Å². The summed E-state index contributed by atoms with van der Waals surface area (Å²) in [6.07, 6.45) is 0. The fourth-order valence-electron chi connectivity index (χ4n) is 2.17. The summed E-state index contributed by atoms with van der Waals surface area (Å²) in [6, 6.07) is 9.85. The second-order valence-corrected chi connectivity index (χ2v) is 5.27. The van der Waals surface area contributed by atoms with E-state index in [4.69, 9.17) is 10.5 Å². The first-order chi connectivity index (χ1) is 12.3. The first-order valence-corrected chi connectivity index (χ1v) is 7.40. The quantitative estimate of drug-likeness (QED) is 0.458. The largest absolute Gasteiger partial charge is 0.452 e. The van der Waals surface area contributed by atoms with Gasteiger partial charge in [0.1, 0.15) is 0 Å². The number of nitro benzene ring substituents is 1. The number of amides is 2. The summed E-state index contributed by atoms with van der Waals surface area (Å²) in [5, 5.41) is 13.4. The molecule has 2 aromatic carbocycles. The molecule has 0 bridgehead atoms. The molecule has 0 saturated heterocycles. The Bertz CT molecular complexity index is 877. The van der Waals surface area contributed by atoms with Crippen LogP contribution in [-0.4, -0.2) is 29.3 Å². The molecule has 0 atom stereocenters. The van der Waals surface area contributed by atoms with Crippen LogP contribution in [-0.2, 0) is 9.53 Å². The lowest BCUT2D eigenvalue weighted by molar-refractivity contribution is -0.385. The maximum absolute atomic E-state index is 12.0. The normalized spacial score (nSPS) is 10.0. The number of nitrogens with two attached hydrogens (primary N) is 1. The Morgan fingerprint density at radius 2 is 1.81 bits per heavy atom. The monoisotopic (exact) mass is 357 g/mol. The molecule has 0 aliphatic carbocycles. The van der Waals surface area contributed by atoms with Gasteiger partial charge < -0.3 is 15.8 Å². The highest BCUT2D eigenvalue weighted by Gasteiger charge is 2.19. The molecule has 0 spiro atoms. The van der Waals surface area contributed by atoms with Crippen LogP contribution < -0.4 is 11.1 Å². The van der Waals surface area contributed by atoms with Crippen molar-refractivity contribution in [3.05, 3.63) is 69.3 Å². The van der Waals surface area contributed by atoms with Crippen LogP contribution in [0.1, 0.15) is 26.3 Å². The molecule has 134 valence electrons. The van der Waals surface area contributed by atoms with Crippen LogP contribution in [0.3, 0.4) is 0 Å². The molecule has 0 saturated carbocycles. The maximum atomic E-state index is 12.0. The van der Waals surface area contributed by atoms with Gasteiger partial charge in [-0.2, -0.15) is 0 Å². The van der Waals surface area contributed by atoms with Gasteiger partial charge in [-0.1, -0.05) is 6.07 Å². The van der Waals surface area contributed by atoms with Crippen molar-refractivity contribution in [2.24, 2.45) is 5.73 Å². The van der Waals surface area contributed by atoms with E-state index in [-0.39, 0.29) is 22.4 Å². The first kappa shape index (κ1) is 18.6. The van der Waals surface area contributed by atoms with Gasteiger partial charge in [0, 0.05) is 22.9 Å². The highest BCUT2D eigenvalue weighted by Crippen LogP contribution is 2.21. The number of hydrogen-bond acceptors (Lipinski definition) is 6. The Balaban J connectivity index is 1.97. The third-order valence-electron chi connectivity index (χ3n) is 3.51. The van der Waals surface area contributed by atoms with Gasteiger partial charge in [-0.3, -0.25) is 19.7 Å². The molecule has 3 N–H and O–H groups in total. The van der Waals surface area contributed by atoms with E-state index in [1.54, 1.807) is 0 Å². The number of carbonyl (C=O) groups excluding carboxylic acids is 3. The first-order valence-electron chi connectivity index (χ1n) is 7.40. The Labute approximate surface area is 147 Å². The van der Waals surface area contributed by atoms with E-state index in [0.717, 1.165) is 0 Å². The summed E-state index contributed by atoms with van der Waals surface area (Å²) in [5.41, 5.74) is 5.76. The Hall–Kier alpha value is -3.75. The van der Waals surface area contributed by atoms with E-state index in [1.165, 1.54) is 49.4 Å². The number of carbonyl (C=O) groups is 3. The van der Waals surface area contributed by atoms with Crippen LogP contribution in [0, 0.1) is 17.0 Å². The predicted molar refractivity (Wildman–Crippen MR) is 91.7 cm³/mol. The smallest absolute Gasteiger partial charge is 0.339 e. The average molecular weight is 357 g/mol. The number of anilines is 1. The van der Waals surface area contributed by atoms with Gasteiger partial charge >= 0.3 is 5.97 Å². The lowest BCUT2D eigenvalue weighted by Crippen LogP contribution is -2.21. The number of ether oxygens (including phenoxy) is 1. The number of esters is 1. The van der Waals surface area contributed by atoms with E-state index in [1.807, 2.05) is 0 Å². The highest BCUT2D eigenvalue weighted by atomic mass is 16.6. The number of nitro groups is 1. The second kappa shape index (κ2) is 7.88. The molecule has 0 fully saturated rings. The van der Waals surface area contributed by atoms with Crippen LogP contribution in [0.4, 0.5) is 11.4 Å². The Morgan fingerprint density at radius 3 is 2.38 bits per heavy atom. The van der Waals surface area contributed by atoms with E-state index >= 15 is 0 Å². The lowest BCUT2D eigenvalue weighted by Gasteiger charge is -2.08. The molecular weight excluding hydrogens is 342 g/mol. The van der Waals surface area contributed by atoms with Gasteiger partial charge in [-0.05, 0) is 37.3 Å². The molecule has 26 heavy (non-hydrogen) atoms. The fourth-order valence-corrected chi connectivity index (χ4v) is 2.17. The summed E-state index contributed by atoms with van der Waals surface area (Å²) in [7, 11) is 0. The SMILES string of the molecule is Cc1c(C(=O)OCC(=O)Nc2ccc(C(N)=O)cc2)cccc1[N+](=O)[O-]. The van der Waals surface area contributed by atoms with Crippen LogP contribution in [0.2, 0.25) is 0 Å². The van der Waals surface area contributed by atoms with Crippen LogP contribution in [0.5, 0.6) is 0 Å². The number of hydrogen-bond donors (Lipinski definition) is 2. The van der Waals surface area contributed by atoms with Gasteiger partial charge in [-0.25, -0.2) is 4.79 Å². The Kier molecular flexibility index (Phi) is 5.63. The third kappa shape index (κ3) is 4.41. The van der Waals surface area contributed by atoms with Crippen LogP contribution in [0.15, 0.2) is 42.5 Å². The van der Waals surface area contributed by atoms with Crippen molar-refractivity contribution in [2.75, 3.05) is 11.9 Å². The van der Waals surface area contributed by atoms with Gasteiger partial charge in [0.05, 0.1) is 10.5 Å². The molecular formula is C17H15N3O6. The molecule has 0 heterocycles. The molecule has 2 aromatic rings. The fraction of sp³-hybridized carbons (Fsp3) is 0.118. The number of rotatable bonds is 6. The van der Waals surface area contributed by atoms with Crippen molar-refractivity contribution in [3.63, 3.8) is 0 Å². The average Bonchev–Trinajstić information content (AvgIpc) is 2.60. The van der Waals surface area contributed by atoms with Crippen molar-refractivity contribution in [2.45, 2.75) is 6.92 Å². The van der Waals surface area contributed by atoms with Crippen molar-refractivity contribution >= 4 is 29.2 Å². The molecule has 0 aliphatic rings. The molecule has 9 nitrogen and oxygen atoms in total. The topological polar surface area (TPSA) is 142 Å². The maximum Gasteiger partial charge on any atom is 0.339 e. The van der Waals surface area contributed by atoms with E-state index < -0.39 is 29.3 Å². The molecule has 9 heteroatoms. The zero-order valence-electron chi connectivity index (χ0n) is 13.7. The number of primary amides is 1. The van der Waals surface area contributed by atoms with Crippen molar-refractivity contribution in [3.8, 4) is 0 Å². The van der Waals surface area contributed by atoms with Crippen molar-refractivity contribution < 1.29 is 24.0 Å². The van der Waals surface area contributed by atoms with Gasteiger partial charge in [-0.15, -0.1) is 0 Å². The zero-order valence-corrected chi connectivity index (χ0v) is 13.7. The molecule has 0 radical (unpaired) electrons. The zero-order chi connectivity index (χ0) is 19.3.